The Labute approximate surface area is 108 Å². The van der Waals surface area contributed by atoms with Crippen LogP contribution in [0.25, 0.3) is 0 Å². The Bertz CT molecular complexity index is 369. The molecule has 0 fully saturated rings. The van der Waals surface area contributed by atoms with Gasteiger partial charge in [0.25, 0.3) is 0 Å². The van der Waals surface area contributed by atoms with E-state index in [0.717, 1.165) is 24.5 Å². The second kappa shape index (κ2) is 8.33. The van der Waals surface area contributed by atoms with E-state index in [9.17, 15) is 4.79 Å². The van der Waals surface area contributed by atoms with Gasteiger partial charge in [-0.3, -0.25) is 4.79 Å². The molecule has 1 aromatic heterocycles. The quantitative estimate of drug-likeness (QED) is 0.694. The van der Waals surface area contributed by atoms with Crippen molar-refractivity contribution >= 4 is 17.5 Å². The van der Waals surface area contributed by atoms with Gasteiger partial charge in [-0.05, 0) is 19.4 Å². The maximum absolute atomic E-state index is 11.2. The summed E-state index contributed by atoms with van der Waals surface area (Å²) < 4.78 is 4.85. The number of pyridine rings is 1. The summed E-state index contributed by atoms with van der Waals surface area (Å²) in [5.74, 6) is 0.668. The van der Waals surface area contributed by atoms with E-state index in [1.807, 2.05) is 12.1 Å². The first kappa shape index (κ1) is 14.3. The molecule has 0 aliphatic carbocycles. The highest BCUT2D eigenvalue weighted by atomic mass is 16.5. The van der Waals surface area contributed by atoms with Crippen molar-refractivity contribution < 1.29 is 9.53 Å². The highest BCUT2D eigenvalue weighted by molar-refractivity contribution is 5.70. The van der Waals surface area contributed by atoms with E-state index in [2.05, 4.69) is 22.5 Å². The molecule has 0 aliphatic rings. The third kappa shape index (κ3) is 5.52. The van der Waals surface area contributed by atoms with Crippen molar-refractivity contribution in [2.45, 2.75) is 26.7 Å². The predicted molar refractivity (Wildman–Crippen MR) is 72.8 cm³/mol. The predicted octanol–water partition coefficient (Wildman–Crippen LogP) is 2.27. The minimum Gasteiger partial charge on any atom is -0.466 e. The summed E-state index contributed by atoms with van der Waals surface area (Å²) in [6, 6.07) is 3.81. The number of carbonyl (C=O) groups is 1. The van der Waals surface area contributed by atoms with Gasteiger partial charge in [-0.25, -0.2) is 4.98 Å². The van der Waals surface area contributed by atoms with Crippen molar-refractivity contribution in [3.05, 3.63) is 18.3 Å². The molecule has 5 heteroatoms. The van der Waals surface area contributed by atoms with Crippen molar-refractivity contribution in [3.8, 4) is 0 Å². The van der Waals surface area contributed by atoms with Crippen LogP contribution >= 0.6 is 0 Å². The van der Waals surface area contributed by atoms with E-state index < -0.39 is 0 Å². The van der Waals surface area contributed by atoms with Gasteiger partial charge in [-0.15, -0.1) is 0 Å². The van der Waals surface area contributed by atoms with Crippen LogP contribution in [0.15, 0.2) is 18.3 Å². The first-order valence-corrected chi connectivity index (χ1v) is 6.35. The Balaban J connectivity index is 2.35. The van der Waals surface area contributed by atoms with Crippen molar-refractivity contribution in [2.75, 3.05) is 30.3 Å². The lowest BCUT2D eigenvalue weighted by molar-refractivity contribution is -0.142. The van der Waals surface area contributed by atoms with Crippen molar-refractivity contribution in [3.63, 3.8) is 0 Å². The molecule has 1 rings (SSSR count). The van der Waals surface area contributed by atoms with Crippen LogP contribution in [0.3, 0.4) is 0 Å². The molecule has 0 saturated heterocycles. The third-order valence-electron chi connectivity index (χ3n) is 2.28. The monoisotopic (exact) mass is 251 g/mol. The van der Waals surface area contributed by atoms with E-state index in [1.165, 1.54) is 0 Å². The first-order valence-electron chi connectivity index (χ1n) is 6.35. The third-order valence-corrected chi connectivity index (χ3v) is 2.28. The van der Waals surface area contributed by atoms with Gasteiger partial charge in [0.15, 0.2) is 0 Å². The van der Waals surface area contributed by atoms with Crippen LogP contribution < -0.4 is 10.6 Å². The normalized spacial score (nSPS) is 9.89. The fourth-order valence-electron chi connectivity index (χ4n) is 1.43. The van der Waals surface area contributed by atoms with Gasteiger partial charge in [-0.1, -0.05) is 6.92 Å². The summed E-state index contributed by atoms with van der Waals surface area (Å²) in [6.07, 6.45) is 3.17. The molecule has 0 spiro atoms. The Hall–Kier alpha value is -1.78. The van der Waals surface area contributed by atoms with Gasteiger partial charge in [0, 0.05) is 31.0 Å². The molecule has 0 amide bonds. The molecular formula is C13H21N3O2. The average Bonchev–Trinajstić information content (AvgIpc) is 2.37. The standard InChI is InChI=1S/C13H21N3O2/c1-3-7-15-12-10-11(5-8-16-12)14-9-6-13(17)18-4-2/h5,8,10H,3-4,6-7,9H2,1-2H3,(H2,14,15,16). The molecule has 1 aromatic rings. The van der Waals surface area contributed by atoms with Crippen LogP contribution in [0.1, 0.15) is 26.7 Å². The number of esters is 1. The number of anilines is 2. The number of nitrogens with zero attached hydrogens (tertiary/aromatic N) is 1. The van der Waals surface area contributed by atoms with Gasteiger partial charge in [-0.2, -0.15) is 0 Å². The number of aromatic nitrogens is 1. The minimum absolute atomic E-state index is 0.177. The molecular weight excluding hydrogens is 230 g/mol. The van der Waals surface area contributed by atoms with E-state index in [1.54, 1.807) is 13.1 Å². The molecule has 0 unspecified atom stereocenters. The zero-order chi connectivity index (χ0) is 13.2. The van der Waals surface area contributed by atoms with Gasteiger partial charge in [0.05, 0.1) is 13.0 Å². The van der Waals surface area contributed by atoms with Gasteiger partial charge in [0.2, 0.25) is 0 Å². The molecule has 0 radical (unpaired) electrons. The molecule has 100 valence electrons. The minimum atomic E-state index is -0.177. The van der Waals surface area contributed by atoms with Crippen molar-refractivity contribution in [1.82, 2.24) is 4.98 Å². The molecule has 0 atom stereocenters. The Morgan fingerprint density at radius 1 is 1.33 bits per heavy atom. The van der Waals surface area contributed by atoms with Crippen molar-refractivity contribution in [2.24, 2.45) is 0 Å². The number of nitrogens with one attached hydrogen (secondary N) is 2. The fourth-order valence-corrected chi connectivity index (χ4v) is 1.43. The Morgan fingerprint density at radius 3 is 2.89 bits per heavy atom. The highest BCUT2D eigenvalue weighted by Gasteiger charge is 2.01. The molecule has 1 heterocycles. The molecule has 18 heavy (non-hydrogen) atoms. The topological polar surface area (TPSA) is 63.2 Å². The van der Waals surface area contributed by atoms with Gasteiger partial charge >= 0.3 is 5.97 Å². The smallest absolute Gasteiger partial charge is 0.307 e. The van der Waals surface area contributed by atoms with Crippen LogP contribution in [0.5, 0.6) is 0 Å². The lowest BCUT2D eigenvalue weighted by Gasteiger charge is -2.08. The van der Waals surface area contributed by atoms with Gasteiger partial charge < -0.3 is 15.4 Å². The van der Waals surface area contributed by atoms with Crippen LogP contribution in [0.2, 0.25) is 0 Å². The lowest BCUT2D eigenvalue weighted by atomic mass is 10.3. The average molecular weight is 251 g/mol. The maximum atomic E-state index is 11.2. The Morgan fingerprint density at radius 2 is 2.17 bits per heavy atom. The number of carbonyl (C=O) groups excluding carboxylic acids is 1. The van der Waals surface area contributed by atoms with E-state index in [0.29, 0.717) is 19.6 Å². The summed E-state index contributed by atoms with van der Waals surface area (Å²) in [7, 11) is 0. The van der Waals surface area contributed by atoms with Crippen LogP contribution in [0.4, 0.5) is 11.5 Å². The zero-order valence-electron chi connectivity index (χ0n) is 11.0. The number of rotatable bonds is 8. The van der Waals surface area contributed by atoms with Gasteiger partial charge in [0.1, 0.15) is 5.82 Å². The molecule has 0 bridgehead atoms. The highest BCUT2D eigenvalue weighted by Crippen LogP contribution is 2.11. The first-order chi connectivity index (χ1) is 8.76. The summed E-state index contributed by atoms with van der Waals surface area (Å²) in [5.41, 5.74) is 0.952. The SMILES string of the molecule is CCCNc1cc(NCCC(=O)OCC)ccn1. The molecule has 2 N–H and O–H groups in total. The molecule has 0 saturated carbocycles. The maximum Gasteiger partial charge on any atom is 0.307 e. The van der Waals surface area contributed by atoms with E-state index in [-0.39, 0.29) is 5.97 Å². The van der Waals surface area contributed by atoms with Crippen molar-refractivity contribution in [1.29, 1.82) is 0 Å². The zero-order valence-corrected chi connectivity index (χ0v) is 11.0. The fraction of sp³-hybridized carbons (Fsp3) is 0.538. The summed E-state index contributed by atoms with van der Waals surface area (Å²) in [5, 5.41) is 6.38. The van der Waals surface area contributed by atoms with E-state index in [4.69, 9.17) is 4.74 Å². The summed E-state index contributed by atoms with van der Waals surface area (Å²) >= 11 is 0. The number of ether oxygens (including phenoxy) is 1. The second-order valence-corrected chi connectivity index (χ2v) is 3.84. The van der Waals surface area contributed by atoms with E-state index >= 15 is 0 Å². The van der Waals surface area contributed by atoms with Crippen LogP contribution in [0, 0.1) is 0 Å². The summed E-state index contributed by atoms with van der Waals surface area (Å²) in [6.45, 7) is 5.81. The summed E-state index contributed by atoms with van der Waals surface area (Å²) in [4.78, 5) is 15.4. The number of hydrogen-bond donors (Lipinski definition) is 2. The second-order valence-electron chi connectivity index (χ2n) is 3.84. The molecule has 5 nitrogen and oxygen atoms in total. The molecule has 0 aromatic carbocycles. The van der Waals surface area contributed by atoms with Crippen LogP contribution in [-0.4, -0.2) is 30.6 Å². The largest absolute Gasteiger partial charge is 0.466 e. The Kier molecular flexibility index (Phi) is 6.61. The number of hydrogen-bond acceptors (Lipinski definition) is 5. The lowest BCUT2D eigenvalue weighted by Crippen LogP contribution is -2.11. The van der Waals surface area contributed by atoms with Crippen LogP contribution in [-0.2, 0) is 9.53 Å². The molecule has 0 aliphatic heterocycles.